The third-order valence-electron chi connectivity index (χ3n) is 5.65. The highest BCUT2D eigenvalue weighted by Crippen LogP contribution is 2.18. The van der Waals surface area contributed by atoms with Crippen LogP contribution in [0.4, 0.5) is 4.79 Å². The predicted octanol–water partition coefficient (Wildman–Crippen LogP) is 2.14. The van der Waals surface area contributed by atoms with Gasteiger partial charge in [-0.25, -0.2) is 4.79 Å². The first-order chi connectivity index (χ1) is 13.6. The number of piperidine rings is 1. The molecule has 0 radical (unpaired) electrons. The second-order valence-electron chi connectivity index (χ2n) is 8.11. The van der Waals surface area contributed by atoms with Crippen molar-refractivity contribution in [1.82, 2.24) is 25.4 Å². The number of likely N-dealkylation sites (tertiary alicyclic amines) is 1. The molecule has 2 aliphatic rings. The minimum atomic E-state index is 0.0311. The second kappa shape index (κ2) is 10.4. The van der Waals surface area contributed by atoms with Gasteiger partial charge in [0.1, 0.15) is 0 Å². The lowest BCUT2D eigenvalue weighted by Crippen LogP contribution is -2.52. The van der Waals surface area contributed by atoms with E-state index in [2.05, 4.69) is 15.6 Å². The minimum Gasteiger partial charge on any atom is -0.352 e. The minimum absolute atomic E-state index is 0.0311. The molecule has 154 valence electrons. The van der Waals surface area contributed by atoms with Crippen LogP contribution in [0.15, 0.2) is 24.4 Å². The third kappa shape index (κ3) is 6.48. The van der Waals surface area contributed by atoms with Gasteiger partial charge in [-0.1, -0.05) is 25.3 Å². The standard InChI is InChI=1S/C21H33N5O2/c1-25(15-19-9-5-6-12-22-19)16-20(27)23-18-10-13-26(14-11-18)21(28)24-17-7-3-2-4-8-17/h5-6,9,12,17-18H,2-4,7-8,10-11,13-16H2,1H3,(H,23,27)(H,24,28). The van der Waals surface area contributed by atoms with Crippen molar-refractivity contribution in [2.24, 2.45) is 0 Å². The summed E-state index contributed by atoms with van der Waals surface area (Å²) in [6.07, 6.45) is 9.31. The Morgan fingerprint density at radius 1 is 1.07 bits per heavy atom. The van der Waals surface area contributed by atoms with Crippen molar-refractivity contribution in [2.75, 3.05) is 26.7 Å². The number of nitrogens with zero attached hydrogens (tertiary/aromatic N) is 3. The molecule has 3 rings (SSSR count). The van der Waals surface area contributed by atoms with Gasteiger partial charge in [0.05, 0.1) is 12.2 Å². The predicted molar refractivity (Wildman–Crippen MR) is 109 cm³/mol. The van der Waals surface area contributed by atoms with Crippen LogP contribution in [0.3, 0.4) is 0 Å². The maximum absolute atomic E-state index is 12.4. The van der Waals surface area contributed by atoms with Gasteiger partial charge < -0.3 is 15.5 Å². The van der Waals surface area contributed by atoms with Crippen LogP contribution in [0.2, 0.25) is 0 Å². The fourth-order valence-corrected chi connectivity index (χ4v) is 4.08. The van der Waals surface area contributed by atoms with Crippen molar-refractivity contribution in [2.45, 2.75) is 63.6 Å². The van der Waals surface area contributed by atoms with Crippen LogP contribution >= 0.6 is 0 Å². The lowest BCUT2D eigenvalue weighted by atomic mass is 9.95. The maximum atomic E-state index is 12.4. The average molecular weight is 388 g/mol. The van der Waals surface area contributed by atoms with E-state index in [4.69, 9.17) is 0 Å². The number of rotatable bonds is 6. The van der Waals surface area contributed by atoms with E-state index in [1.54, 1.807) is 6.20 Å². The van der Waals surface area contributed by atoms with E-state index < -0.39 is 0 Å². The molecule has 28 heavy (non-hydrogen) atoms. The molecule has 1 aromatic rings. The van der Waals surface area contributed by atoms with Crippen molar-refractivity contribution >= 4 is 11.9 Å². The first kappa shape index (κ1) is 20.6. The third-order valence-corrected chi connectivity index (χ3v) is 5.65. The highest BCUT2D eigenvalue weighted by Gasteiger charge is 2.25. The smallest absolute Gasteiger partial charge is 0.317 e. The summed E-state index contributed by atoms with van der Waals surface area (Å²) < 4.78 is 0. The van der Waals surface area contributed by atoms with Crippen molar-refractivity contribution in [3.8, 4) is 0 Å². The van der Waals surface area contributed by atoms with Crippen LogP contribution in [0, 0.1) is 0 Å². The zero-order valence-corrected chi connectivity index (χ0v) is 16.9. The second-order valence-corrected chi connectivity index (χ2v) is 8.11. The Labute approximate surface area is 167 Å². The molecule has 1 aromatic heterocycles. The molecule has 1 saturated heterocycles. The van der Waals surface area contributed by atoms with E-state index in [-0.39, 0.29) is 18.0 Å². The van der Waals surface area contributed by atoms with Crippen LogP contribution in [0.1, 0.15) is 50.6 Å². The molecule has 1 aliphatic heterocycles. The van der Waals surface area contributed by atoms with E-state index in [9.17, 15) is 9.59 Å². The zero-order chi connectivity index (χ0) is 19.8. The van der Waals surface area contributed by atoms with Crippen molar-refractivity contribution < 1.29 is 9.59 Å². The number of urea groups is 1. The summed E-state index contributed by atoms with van der Waals surface area (Å²) in [4.78, 5) is 32.9. The molecule has 0 spiro atoms. The Kier molecular flexibility index (Phi) is 7.65. The van der Waals surface area contributed by atoms with Gasteiger partial charge in [0.15, 0.2) is 0 Å². The lowest BCUT2D eigenvalue weighted by molar-refractivity contribution is -0.123. The van der Waals surface area contributed by atoms with Crippen LogP contribution in [0.5, 0.6) is 0 Å². The first-order valence-electron chi connectivity index (χ1n) is 10.5. The van der Waals surface area contributed by atoms with E-state index in [0.29, 0.717) is 32.2 Å². The molecule has 1 saturated carbocycles. The van der Waals surface area contributed by atoms with Gasteiger partial charge in [-0.15, -0.1) is 0 Å². The Balaban J connectivity index is 1.34. The Bertz CT molecular complexity index is 625. The Morgan fingerprint density at radius 3 is 2.46 bits per heavy atom. The molecule has 3 amide bonds. The van der Waals surface area contributed by atoms with Crippen LogP contribution < -0.4 is 10.6 Å². The monoisotopic (exact) mass is 387 g/mol. The number of hydrogen-bond acceptors (Lipinski definition) is 4. The molecular formula is C21H33N5O2. The molecule has 0 bridgehead atoms. The van der Waals surface area contributed by atoms with E-state index in [1.165, 1.54) is 19.3 Å². The fraction of sp³-hybridized carbons (Fsp3) is 0.667. The maximum Gasteiger partial charge on any atom is 0.317 e. The van der Waals surface area contributed by atoms with Gasteiger partial charge in [0, 0.05) is 37.9 Å². The Hall–Kier alpha value is -2.15. The van der Waals surface area contributed by atoms with Gasteiger partial charge in [-0.2, -0.15) is 0 Å². The summed E-state index contributed by atoms with van der Waals surface area (Å²) >= 11 is 0. The number of carbonyl (C=O) groups excluding carboxylic acids is 2. The van der Waals surface area contributed by atoms with Gasteiger partial charge in [0.25, 0.3) is 0 Å². The highest BCUT2D eigenvalue weighted by atomic mass is 16.2. The summed E-state index contributed by atoms with van der Waals surface area (Å²) in [7, 11) is 1.92. The number of pyridine rings is 1. The SMILES string of the molecule is CN(CC(=O)NC1CCN(C(=O)NC2CCCCC2)CC1)Cc1ccccn1. The summed E-state index contributed by atoms with van der Waals surface area (Å²) in [6.45, 7) is 2.40. The van der Waals surface area contributed by atoms with Crippen LogP contribution in [-0.2, 0) is 11.3 Å². The molecule has 7 heteroatoms. The fourth-order valence-electron chi connectivity index (χ4n) is 4.08. The summed E-state index contributed by atoms with van der Waals surface area (Å²) in [5.74, 6) is 0.0311. The quantitative estimate of drug-likeness (QED) is 0.784. The van der Waals surface area contributed by atoms with Crippen molar-refractivity contribution in [1.29, 1.82) is 0 Å². The van der Waals surface area contributed by atoms with Gasteiger partial charge in [-0.3, -0.25) is 14.7 Å². The number of amides is 3. The van der Waals surface area contributed by atoms with Crippen LogP contribution in [-0.4, -0.2) is 65.5 Å². The first-order valence-corrected chi connectivity index (χ1v) is 10.5. The number of hydrogen-bond donors (Lipinski definition) is 2. The molecule has 2 N–H and O–H groups in total. The van der Waals surface area contributed by atoms with E-state index in [0.717, 1.165) is 31.4 Å². The highest BCUT2D eigenvalue weighted by molar-refractivity contribution is 5.78. The molecule has 2 heterocycles. The van der Waals surface area contributed by atoms with Gasteiger partial charge in [0.2, 0.25) is 5.91 Å². The normalized spacial score (nSPS) is 18.9. The number of aromatic nitrogens is 1. The summed E-state index contributed by atoms with van der Waals surface area (Å²) in [5.41, 5.74) is 0.954. The lowest BCUT2D eigenvalue weighted by Gasteiger charge is -2.34. The molecule has 7 nitrogen and oxygen atoms in total. The summed E-state index contributed by atoms with van der Waals surface area (Å²) in [5, 5.41) is 6.30. The Morgan fingerprint density at radius 2 is 1.79 bits per heavy atom. The zero-order valence-electron chi connectivity index (χ0n) is 16.9. The van der Waals surface area contributed by atoms with Gasteiger partial charge in [-0.05, 0) is 44.9 Å². The number of likely N-dealkylation sites (N-methyl/N-ethyl adjacent to an activating group) is 1. The topological polar surface area (TPSA) is 77.6 Å². The van der Waals surface area contributed by atoms with Crippen molar-refractivity contribution in [3.05, 3.63) is 30.1 Å². The molecule has 0 aromatic carbocycles. The number of carbonyl (C=O) groups is 2. The number of nitrogens with one attached hydrogen (secondary N) is 2. The summed E-state index contributed by atoms with van der Waals surface area (Å²) in [6, 6.07) is 6.35. The van der Waals surface area contributed by atoms with E-state index >= 15 is 0 Å². The van der Waals surface area contributed by atoms with Crippen LogP contribution in [0.25, 0.3) is 0 Å². The molecule has 0 unspecified atom stereocenters. The largest absolute Gasteiger partial charge is 0.352 e. The molecule has 1 aliphatic carbocycles. The average Bonchev–Trinajstić information content (AvgIpc) is 2.70. The molecular weight excluding hydrogens is 354 g/mol. The molecule has 0 atom stereocenters. The molecule has 2 fully saturated rings. The van der Waals surface area contributed by atoms with E-state index in [1.807, 2.05) is 35.0 Å². The van der Waals surface area contributed by atoms with Gasteiger partial charge >= 0.3 is 6.03 Å². The van der Waals surface area contributed by atoms with Crippen molar-refractivity contribution in [3.63, 3.8) is 0 Å².